The predicted molar refractivity (Wildman–Crippen MR) is 110 cm³/mol. The summed E-state index contributed by atoms with van der Waals surface area (Å²) in [6, 6.07) is 7.44. The molecule has 0 radical (unpaired) electrons. The molecule has 0 unspecified atom stereocenters. The number of halogens is 1. The van der Waals surface area contributed by atoms with E-state index in [0.29, 0.717) is 17.7 Å². The Kier molecular flexibility index (Phi) is 10.3. The Hall–Kier alpha value is -1.50. The molecule has 1 aliphatic heterocycles. The number of benzene rings is 1. The minimum Gasteiger partial charge on any atom is -0.492 e. The number of hydrogen-bond donors (Lipinski definition) is 1. The highest BCUT2D eigenvalue weighted by Gasteiger charge is 2.13. The highest BCUT2D eigenvalue weighted by Crippen LogP contribution is 2.16. The fourth-order valence-electron chi connectivity index (χ4n) is 2.77. The maximum atomic E-state index is 5.97. The van der Waals surface area contributed by atoms with E-state index in [0.717, 1.165) is 70.4 Å². The molecule has 0 saturated carbocycles. The van der Waals surface area contributed by atoms with Crippen LogP contribution in [-0.4, -0.2) is 70.1 Å². The van der Waals surface area contributed by atoms with E-state index in [4.69, 9.17) is 25.8 Å². The first-order chi connectivity index (χ1) is 13.2. The quantitative estimate of drug-likeness (QED) is 0.373. The van der Waals surface area contributed by atoms with Crippen LogP contribution in [-0.2, 0) is 9.47 Å². The third-order valence-corrected chi connectivity index (χ3v) is 4.51. The van der Waals surface area contributed by atoms with Crippen molar-refractivity contribution in [2.75, 3.05) is 53.1 Å². The lowest BCUT2D eigenvalue weighted by atomic mass is 10.1. The van der Waals surface area contributed by atoms with Gasteiger partial charge >= 0.3 is 0 Å². The van der Waals surface area contributed by atoms with E-state index < -0.39 is 0 Å². The van der Waals surface area contributed by atoms with Gasteiger partial charge in [-0.25, -0.2) is 0 Å². The second-order valence-corrected chi connectivity index (χ2v) is 6.94. The van der Waals surface area contributed by atoms with Crippen LogP contribution >= 0.6 is 11.6 Å². The number of rotatable bonds is 10. The zero-order chi connectivity index (χ0) is 19.3. The molecule has 6 nitrogen and oxygen atoms in total. The zero-order valence-electron chi connectivity index (χ0n) is 16.5. The monoisotopic (exact) mass is 397 g/mol. The van der Waals surface area contributed by atoms with Gasteiger partial charge in [-0.05, 0) is 44.4 Å². The van der Waals surface area contributed by atoms with Crippen molar-refractivity contribution in [1.29, 1.82) is 0 Å². The van der Waals surface area contributed by atoms with Crippen LogP contribution in [0.15, 0.2) is 29.3 Å². The Bertz CT molecular complexity index is 565. The first kappa shape index (κ1) is 21.8. The average Bonchev–Trinajstić information content (AvgIpc) is 2.67. The zero-order valence-corrected chi connectivity index (χ0v) is 17.2. The molecule has 0 bridgehead atoms. The van der Waals surface area contributed by atoms with Gasteiger partial charge in [0, 0.05) is 45.0 Å². The number of nitrogens with zero attached hydrogens (tertiary/aromatic N) is 2. The highest BCUT2D eigenvalue weighted by atomic mass is 35.5. The van der Waals surface area contributed by atoms with Crippen molar-refractivity contribution in [2.24, 2.45) is 4.99 Å². The van der Waals surface area contributed by atoms with Gasteiger partial charge < -0.3 is 24.4 Å². The van der Waals surface area contributed by atoms with Gasteiger partial charge in [0.1, 0.15) is 12.4 Å². The lowest BCUT2D eigenvalue weighted by Gasteiger charge is -2.23. The molecule has 0 aromatic heterocycles. The minimum absolute atomic E-state index is 0.349. The summed E-state index contributed by atoms with van der Waals surface area (Å²) < 4.78 is 17.0. The molecule has 1 aromatic carbocycles. The maximum Gasteiger partial charge on any atom is 0.193 e. The maximum absolute atomic E-state index is 5.97. The molecule has 1 saturated heterocycles. The molecule has 0 spiro atoms. The lowest BCUT2D eigenvalue weighted by Crippen LogP contribution is -2.41. The fraction of sp³-hybridized carbons (Fsp3) is 0.650. The Morgan fingerprint density at radius 1 is 1.33 bits per heavy atom. The lowest BCUT2D eigenvalue weighted by molar-refractivity contribution is -0.0318. The van der Waals surface area contributed by atoms with Crippen LogP contribution in [0.1, 0.15) is 26.2 Å². The topological polar surface area (TPSA) is 55.3 Å². The molecule has 7 heteroatoms. The van der Waals surface area contributed by atoms with Crippen molar-refractivity contribution in [3.8, 4) is 5.75 Å². The van der Waals surface area contributed by atoms with Crippen molar-refractivity contribution >= 4 is 17.6 Å². The summed E-state index contributed by atoms with van der Waals surface area (Å²) in [7, 11) is 2.02. The fourth-order valence-corrected chi connectivity index (χ4v) is 2.96. The number of guanidine groups is 1. The van der Waals surface area contributed by atoms with Gasteiger partial charge in [-0.2, -0.15) is 0 Å². The van der Waals surface area contributed by atoms with Gasteiger partial charge in [-0.15, -0.1) is 0 Å². The molecule has 1 fully saturated rings. The second kappa shape index (κ2) is 12.8. The molecule has 27 heavy (non-hydrogen) atoms. The Morgan fingerprint density at radius 3 is 2.89 bits per heavy atom. The number of nitrogens with one attached hydrogen (secondary N) is 1. The third kappa shape index (κ3) is 8.82. The molecule has 2 rings (SSSR count). The van der Waals surface area contributed by atoms with Gasteiger partial charge in [-0.3, -0.25) is 4.99 Å². The Balaban J connectivity index is 1.67. The Labute approximate surface area is 167 Å². The van der Waals surface area contributed by atoms with Crippen molar-refractivity contribution in [1.82, 2.24) is 10.2 Å². The third-order valence-electron chi connectivity index (χ3n) is 4.27. The van der Waals surface area contributed by atoms with Gasteiger partial charge in [0.25, 0.3) is 0 Å². The highest BCUT2D eigenvalue weighted by molar-refractivity contribution is 6.30. The molecule has 1 aromatic rings. The number of aliphatic imine (C=N–C) groups is 1. The number of hydrogen-bond acceptors (Lipinski definition) is 4. The summed E-state index contributed by atoms with van der Waals surface area (Å²) in [4.78, 5) is 6.76. The van der Waals surface area contributed by atoms with Crippen LogP contribution in [0, 0.1) is 0 Å². The standard InChI is InChI=1S/C20H32ClN3O3/c1-3-22-20(23-10-5-12-26-18-8-13-25-14-9-18)24(2)11-15-27-19-7-4-6-17(21)16-19/h4,6-7,16,18H,3,5,8-15H2,1-2H3,(H,22,23). The van der Waals surface area contributed by atoms with Crippen molar-refractivity contribution < 1.29 is 14.2 Å². The summed E-state index contributed by atoms with van der Waals surface area (Å²) in [5.74, 6) is 1.67. The van der Waals surface area contributed by atoms with Crippen molar-refractivity contribution in [3.63, 3.8) is 0 Å². The summed E-state index contributed by atoms with van der Waals surface area (Å²) in [5.41, 5.74) is 0. The van der Waals surface area contributed by atoms with E-state index >= 15 is 0 Å². The van der Waals surface area contributed by atoms with E-state index in [1.165, 1.54) is 0 Å². The van der Waals surface area contributed by atoms with Gasteiger partial charge in [0.15, 0.2) is 5.96 Å². The molecular formula is C20H32ClN3O3. The second-order valence-electron chi connectivity index (χ2n) is 6.50. The molecule has 0 aliphatic carbocycles. The first-order valence-electron chi connectivity index (χ1n) is 9.76. The van der Waals surface area contributed by atoms with Gasteiger partial charge in [0.2, 0.25) is 0 Å². The molecule has 152 valence electrons. The smallest absolute Gasteiger partial charge is 0.193 e. The SMILES string of the molecule is CCNC(=NCCCOC1CCOCC1)N(C)CCOc1cccc(Cl)c1. The van der Waals surface area contributed by atoms with Crippen molar-refractivity contribution in [2.45, 2.75) is 32.3 Å². The van der Waals surface area contributed by atoms with Crippen LogP contribution in [0.4, 0.5) is 0 Å². The molecule has 1 heterocycles. The van der Waals surface area contributed by atoms with E-state index in [1.807, 2.05) is 31.3 Å². The largest absolute Gasteiger partial charge is 0.492 e. The van der Waals surface area contributed by atoms with Crippen LogP contribution in [0.3, 0.4) is 0 Å². The average molecular weight is 398 g/mol. The Morgan fingerprint density at radius 2 is 2.15 bits per heavy atom. The van der Waals surface area contributed by atoms with Crippen LogP contribution in [0.5, 0.6) is 5.75 Å². The van der Waals surface area contributed by atoms with E-state index in [-0.39, 0.29) is 0 Å². The minimum atomic E-state index is 0.349. The number of likely N-dealkylation sites (N-methyl/N-ethyl adjacent to an activating group) is 1. The molecule has 0 amide bonds. The predicted octanol–water partition coefficient (Wildman–Crippen LogP) is 3.20. The molecule has 0 atom stereocenters. The van der Waals surface area contributed by atoms with Crippen molar-refractivity contribution in [3.05, 3.63) is 29.3 Å². The summed E-state index contributed by atoms with van der Waals surface area (Å²) in [5, 5.41) is 4.00. The van der Waals surface area contributed by atoms with E-state index in [9.17, 15) is 0 Å². The van der Waals surface area contributed by atoms with Crippen LogP contribution < -0.4 is 10.1 Å². The summed E-state index contributed by atoms with van der Waals surface area (Å²) in [6.07, 6.45) is 3.27. The van der Waals surface area contributed by atoms with E-state index in [1.54, 1.807) is 0 Å². The number of ether oxygens (including phenoxy) is 3. The molecular weight excluding hydrogens is 366 g/mol. The summed E-state index contributed by atoms with van der Waals surface area (Å²) >= 11 is 5.97. The van der Waals surface area contributed by atoms with E-state index in [2.05, 4.69) is 22.1 Å². The normalized spacial score (nSPS) is 15.6. The van der Waals surface area contributed by atoms with Gasteiger partial charge in [-0.1, -0.05) is 17.7 Å². The first-order valence-corrected chi connectivity index (χ1v) is 10.1. The molecule has 1 aliphatic rings. The van der Waals surface area contributed by atoms with Crippen LogP contribution in [0.25, 0.3) is 0 Å². The van der Waals surface area contributed by atoms with Gasteiger partial charge in [0.05, 0.1) is 12.6 Å². The van der Waals surface area contributed by atoms with Crippen LogP contribution in [0.2, 0.25) is 5.02 Å². The molecule has 1 N–H and O–H groups in total. The summed E-state index contributed by atoms with van der Waals surface area (Å²) in [6.45, 7) is 7.31.